The number of hydrogen-bond acceptors (Lipinski definition) is 8. The van der Waals surface area contributed by atoms with E-state index in [0.717, 1.165) is 10.4 Å². The van der Waals surface area contributed by atoms with Crippen LogP contribution in [0, 0.1) is 6.92 Å². The molecule has 2 N–H and O–H groups in total. The number of nitrogens with zero attached hydrogens (tertiary/aromatic N) is 4. The number of aromatic hydroxyl groups is 1. The fourth-order valence-corrected chi connectivity index (χ4v) is 2.94. The van der Waals surface area contributed by atoms with Crippen molar-refractivity contribution < 1.29 is 9.63 Å². The number of rotatable bonds is 3. The molecule has 0 aromatic carbocycles. The Morgan fingerprint density at radius 2 is 2.08 bits per heavy atom. The number of pyridine rings is 1. The molecule has 0 aliphatic rings. The molecule has 0 fully saturated rings. The van der Waals surface area contributed by atoms with Crippen molar-refractivity contribution in [2.75, 3.05) is 0 Å². The highest BCUT2D eigenvalue weighted by atomic mass is 32.1. The molecule has 0 amide bonds. The smallest absolute Gasteiger partial charge is 0.294 e. The number of thiophene rings is 1. The standard InChI is InChI=1S/C16H11N5O3S/c1-8-4-2-6-17-10(8)14-18-11(12(22)15(23)19-14)16-20-13(21-24-16)9-5-3-7-25-9/h2-7,22H,1H3,(H,18,19,23). The van der Waals surface area contributed by atoms with Gasteiger partial charge in [-0.3, -0.25) is 9.78 Å². The molecule has 25 heavy (non-hydrogen) atoms. The number of nitrogens with one attached hydrogen (secondary N) is 1. The van der Waals surface area contributed by atoms with E-state index in [9.17, 15) is 9.90 Å². The molecule has 124 valence electrons. The molecule has 4 aromatic heterocycles. The summed E-state index contributed by atoms with van der Waals surface area (Å²) in [6.45, 7) is 1.84. The number of hydrogen-bond donors (Lipinski definition) is 2. The summed E-state index contributed by atoms with van der Waals surface area (Å²) in [5.74, 6) is -0.0469. The molecule has 4 aromatic rings. The van der Waals surface area contributed by atoms with Gasteiger partial charge in [-0.25, -0.2) is 4.98 Å². The Labute approximate surface area is 144 Å². The summed E-state index contributed by atoms with van der Waals surface area (Å²) < 4.78 is 5.18. The lowest BCUT2D eigenvalue weighted by molar-refractivity contribution is 0.421. The summed E-state index contributed by atoms with van der Waals surface area (Å²) in [6.07, 6.45) is 1.59. The second-order valence-corrected chi connectivity index (χ2v) is 6.13. The SMILES string of the molecule is Cc1cccnc1-c1nc(-c2nc(-c3cccs3)no2)c(O)c(=O)[nH]1. The highest BCUT2D eigenvalue weighted by Crippen LogP contribution is 2.28. The lowest BCUT2D eigenvalue weighted by Crippen LogP contribution is -2.11. The maximum atomic E-state index is 12.1. The highest BCUT2D eigenvalue weighted by Gasteiger charge is 2.21. The van der Waals surface area contributed by atoms with Gasteiger partial charge in [-0.2, -0.15) is 4.98 Å². The molecule has 0 unspecified atom stereocenters. The minimum Gasteiger partial charge on any atom is -0.501 e. The van der Waals surface area contributed by atoms with Gasteiger partial charge in [0.25, 0.3) is 11.4 Å². The van der Waals surface area contributed by atoms with Gasteiger partial charge in [-0.15, -0.1) is 11.3 Å². The fourth-order valence-electron chi connectivity index (χ4n) is 2.29. The summed E-state index contributed by atoms with van der Waals surface area (Å²) in [6, 6.07) is 7.33. The Kier molecular flexibility index (Phi) is 3.62. The van der Waals surface area contributed by atoms with Gasteiger partial charge < -0.3 is 14.6 Å². The quantitative estimate of drug-likeness (QED) is 0.581. The van der Waals surface area contributed by atoms with Crippen LogP contribution in [0.4, 0.5) is 0 Å². The zero-order valence-corrected chi connectivity index (χ0v) is 13.7. The normalized spacial score (nSPS) is 10.9. The minimum atomic E-state index is -0.707. The predicted octanol–water partition coefficient (Wildman–Crippen LogP) is 2.62. The molecule has 0 atom stereocenters. The molecule has 0 bridgehead atoms. The Morgan fingerprint density at radius 3 is 2.84 bits per heavy atom. The van der Waals surface area contributed by atoms with E-state index in [-0.39, 0.29) is 17.4 Å². The summed E-state index contributed by atoms with van der Waals surface area (Å²) >= 11 is 1.45. The van der Waals surface area contributed by atoms with Gasteiger partial charge in [0, 0.05) is 6.20 Å². The third-order valence-corrected chi connectivity index (χ3v) is 4.36. The first kappa shape index (κ1) is 15.2. The van der Waals surface area contributed by atoms with E-state index in [1.165, 1.54) is 11.3 Å². The van der Waals surface area contributed by atoms with Crippen LogP contribution in [0.5, 0.6) is 5.75 Å². The van der Waals surface area contributed by atoms with Gasteiger partial charge in [0.1, 0.15) is 5.69 Å². The minimum absolute atomic E-state index is 0.0400. The van der Waals surface area contributed by atoms with Crippen LogP contribution in [-0.2, 0) is 0 Å². The summed E-state index contributed by atoms with van der Waals surface area (Å²) in [7, 11) is 0. The molecule has 8 nitrogen and oxygen atoms in total. The Morgan fingerprint density at radius 1 is 1.20 bits per heavy atom. The predicted molar refractivity (Wildman–Crippen MR) is 91.1 cm³/mol. The molecule has 0 spiro atoms. The highest BCUT2D eigenvalue weighted by molar-refractivity contribution is 7.13. The van der Waals surface area contributed by atoms with Crippen molar-refractivity contribution in [3.8, 4) is 39.6 Å². The molecule has 4 rings (SSSR count). The van der Waals surface area contributed by atoms with E-state index < -0.39 is 11.3 Å². The van der Waals surface area contributed by atoms with Crippen molar-refractivity contribution in [3.63, 3.8) is 0 Å². The van der Waals surface area contributed by atoms with E-state index in [0.29, 0.717) is 11.5 Å². The molecule has 0 saturated carbocycles. The van der Waals surface area contributed by atoms with Crippen molar-refractivity contribution >= 4 is 11.3 Å². The van der Waals surface area contributed by atoms with E-state index >= 15 is 0 Å². The van der Waals surface area contributed by atoms with Crippen LogP contribution in [0.2, 0.25) is 0 Å². The first-order valence-electron chi connectivity index (χ1n) is 7.26. The van der Waals surface area contributed by atoms with Crippen LogP contribution in [0.15, 0.2) is 45.2 Å². The lowest BCUT2D eigenvalue weighted by Gasteiger charge is -2.05. The van der Waals surface area contributed by atoms with Gasteiger partial charge >= 0.3 is 0 Å². The van der Waals surface area contributed by atoms with Gasteiger partial charge in [-0.05, 0) is 30.0 Å². The largest absolute Gasteiger partial charge is 0.501 e. The van der Waals surface area contributed by atoms with Gasteiger partial charge in [0.2, 0.25) is 11.6 Å². The van der Waals surface area contributed by atoms with Gasteiger partial charge in [0.15, 0.2) is 11.5 Å². The van der Waals surface area contributed by atoms with Crippen molar-refractivity contribution in [3.05, 3.63) is 51.8 Å². The van der Waals surface area contributed by atoms with Crippen LogP contribution in [0.25, 0.3) is 33.8 Å². The van der Waals surface area contributed by atoms with E-state index in [2.05, 4.69) is 25.1 Å². The molecular weight excluding hydrogens is 342 g/mol. The Balaban J connectivity index is 1.85. The topological polar surface area (TPSA) is 118 Å². The molecule has 0 saturated heterocycles. The summed E-state index contributed by atoms with van der Waals surface area (Å²) in [5.41, 5.74) is 0.533. The van der Waals surface area contributed by atoms with Crippen LogP contribution in [0.3, 0.4) is 0 Å². The average molecular weight is 353 g/mol. The monoisotopic (exact) mass is 353 g/mol. The first-order valence-corrected chi connectivity index (χ1v) is 8.14. The van der Waals surface area contributed by atoms with Gasteiger partial charge in [0.05, 0.1) is 4.88 Å². The van der Waals surface area contributed by atoms with Crippen molar-refractivity contribution in [1.29, 1.82) is 0 Å². The maximum absolute atomic E-state index is 12.1. The summed E-state index contributed by atoms with van der Waals surface area (Å²) in [4.78, 5) is 28.1. The van der Waals surface area contributed by atoms with Crippen LogP contribution in [0.1, 0.15) is 5.56 Å². The van der Waals surface area contributed by atoms with Crippen molar-refractivity contribution in [2.45, 2.75) is 6.92 Å². The molecule has 0 aliphatic carbocycles. The first-order chi connectivity index (χ1) is 12.1. The van der Waals surface area contributed by atoms with Crippen molar-refractivity contribution in [1.82, 2.24) is 25.1 Å². The average Bonchev–Trinajstić information content (AvgIpc) is 3.28. The van der Waals surface area contributed by atoms with Crippen LogP contribution < -0.4 is 5.56 Å². The molecular formula is C16H11N5O3S. The number of aryl methyl sites for hydroxylation is 1. The van der Waals surface area contributed by atoms with Crippen molar-refractivity contribution in [2.24, 2.45) is 0 Å². The number of aromatic nitrogens is 5. The van der Waals surface area contributed by atoms with E-state index in [1.54, 1.807) is 12.3 Å². The number of H-pyrrole nitrogens is 1. The third-order valence-electron chi connectivity index (χ3n) is 3.50. The maximum Gasteiger partial charge on any atom is 0.294 e. The second-order valence-electron chi connectivity index (χ2n) is 5.18. The molecule has 0 radical (unpaired) electrons. The summed E-state index contributed by atoms with van der Waals surface area (Å²) in [5, 5.41) is 15.8. The second kappa shape index (κ2) is 5.95. The fraction of sp³-hybridized carbons (Fsp3) is 0.0625. The number of aromatic amines is 1. The molecule has 4 heterocycles. The molecule has 0 aliphatic heterocycles. The lowest BCUT2D eigenvalue weighted by atomic mass is 10.2. The zero-order chi connectivity index (χ0) is 17.4. The van der Waals surface area contributed by atoms with E-state index in [1.807, 2.05) is 30.5 Å². The van der Waals surface area contributed by atoms with E-state index in [4.69, 9.17) is 4.52 Å². The zero-order valence-electron chi connectivity index (χ0n) is 12.9. The van der Waals surface area contributed by atoms with Crippen LogP contribution >= 0.6 is 11.3 Å². The van der Waals surface area contributed by atoms with Gasteiger partial charge in [-0.1, -0.05) is 17.3 Å². The Hall–Kier alpha value is -3.33. The van der Waals surface area contributed by atoms with Crippen LogP contribution in [-0.4, -0.2) is 30.2 Å². The third kappa shape index (κ3) is 2.70. The Bertz CT molecular complexity index is 1100. The molecule has 9 heteroatoms.